The van der Waals surface area contributed by atoms with Crippen molar-refractivity contribution >= 4 is 15.9 Å². The lowest BCUT2D eigenvalue weighted by atomic mass is 9.81. The number of aryl methyl sites for hydroxylation is 1. The number of rotatable bonds is 5. The van der Waals surface area contributed by atoms with E-state index in [4.69, 9.17) is 4.74 Å². The van der Waals surface area contributed by atoms with Gasteiger partial charge in [-0.05, 0) is 56.0 Å². The summed E-state index contributed by atoms with van der Waals surface area (Å²) in [4.78, 5) is 12.8. The fraction of sp³-hybridized carbons (Fsp3) is 0.632. The van der Waals surface area contributed by atoms with Gasteiger partial charge in [0.05, 0.1) is 18.1 Å². The van der Waals surface area contributed by atoms with Gasteiger partial charge < -0.3 is 15.4 Å². The molecule has 0 saturated carbocycles. The summed E-state index contributed by atoms with van der Waals surface area (Å²) in [5.41, 5.74) is 1.10. The van der Waals surface area contributed by atoms with E-state index in [1.165, 1.54) is 10.4 Å². The predicted molar refractivity (Wildman–Crippen MR) is 103 cm³/mol. The zero-order chi connectivity index (χ0) is 19.5. The van der Waals surface area contributed by atoms with Crippen molar-refractivity contribution in [3.8, 4) is 0 Å². The van der Waals surface area contributed by atoms with E-state index in [9.17, 15) is 13.2 Å². The molecule has 0 spiro atoms. The first-order chi connectivity index (χ1) is 12.8. The number of carbonyl (C=O) groups is 1. The number of nitrogens with zero attached hydrogens (tertiary/aromatic N) is 1. The maximum atomic E-state index is 13.0. The minimum atomic E-state index is -3.63. The molecule has 2 aliphatic heterocycles. The first-order valence-electron chi connectivity index (χ1n) is 9.49. The molecule has 0 radical (unpaired) electrons. The van der Waals surface area contributed by atoms with Crippen molar-refractivity contribution in [2.24, 2.45) is 5.41 Å². The van der Waals surface area contributed by atoms with Crippen molar-refractivity contribution in [1.29, 1.82) is 0 Å². The fourth-order valence-electron chi connectivity index (χ4n) is 3.55. The van der Waals surface area contributed by atoms with Crippen LogP contribution in [-0.2, 0) is 14.8 Å². The molecule has 3 rings (SSSR count). The number of carbonyl (C=O) groups excluding carboxylic acids is 1. The molecule has 0 bridgehead atoms. The number of ether oxygens (including phenoxy) is 1. The third kappa shape index (κ3) is 4.68. The second kappa shape index (κ2) is 8.26. The van der Waals surface area contributed by atoms with Gasteiger partial charge in [0.25, 0.3) is 5.91 Å². The van der Waals surface area contributed by atoms with Crippen LogP contribution < -0.4 is 10.6 Å². The van der Waals surface area contributed by atoms with Gasteiger partial charge in [-0.15, -0.1) is 0 Å². The normalized spacial score (nSPS) is 21.0. The Balaban J connectivity index is 1.75. The molecule has 1 aromatic rings. The van der Waals surface area contributed by atoms with Crippen molar-refractivity contribution in [3.05, 3.63) is 29.3 Å². The minimum absolute atomic E-state index is 0.0777. The van der Waals surface area contributed by atoms with Gasteiger partial charge in [0.1, 0.15) is 0 Å². The minimum Gasteiger partial charge on any atom is -0.379 e. The van der Waals surface area contributed by atoms with Crippen LogP contribution in [0, 0.1) is 12.3 Å². The lowest BCUT2D eigenvalue weighted by molar-refractivity contribution is 0.0730. The highest BCUT2D eigenvalue weighted by Gasteiger charge is 2.30. The Morgan fingerprint density at radius 2 is 1.93 bits per heavy atom. The number of hydrogen-bond acceptors (Lipinski definition) is 5. The van der Waals surface area contributed by atoms with Crippen LogP contribution in [0.25, 0.3) is 0 Å². The SMILES string of the molecule is Cc1ccc(C(=O)NCC2(C)CCNCC2)cc1S(=O)(=O)N1CCOCC1. The van der Waals surface area contributed by atoms with Crippen LogP contribution in [0.1, 0.15) is 35.7 Å². The molecule has 2 fully saturated rings. The van der Waals surface area contributed by atoms with Crippen LogP contribution in [0.3, 0.4) is 0 Å². The van der Waals surface area contributed by atoms with E-state index >= 15 is 0 Å². The van der Waals surface area contributed by atoms with Crippen molar-refractivity contribution < 1.29 is 17.9 Å². The van der Waals surface area contributed by atoms with Crippen LogP contribution >= 0.6 is 0 Å². The number of hydrogen-bond donors (Lipinski definition) is 2. The zero-order valence-electron chi connectivity index (χ0n) is 16.1. The van der Waals surface area contributed by atoms with Crippen LogP contribution in [-0.4, -0.2) is 64.6 Å². The summed E-state index contributed by atoms with van der Waals surface area (Å²) in [7, 11) is -3.63. The number of morpholine rings is 1. The molecule has 0 aliphatic carbocycles. The average Bonchev–Trinajstić information content (AvgIpc) is 2.67. The summed E-state index contributed by atoms with van der Waals surface area (Å²) >= 11 is 0. The van der Waals surface area contributed by atoms with E-state index in [0.29, 0.717) is 44.0 Å². The van der Waals surface area contributed by atoms with Crippen molar-refractivity contribution in [1.82, 2.24) is 14.9 Å². The molecule has 8 heteroatoms. The van der Waals surface area contributed by atoms with E-state index in [-0.39, 0.29) is 16.2 Å². The number of piperidine rings is 1. The summed E-state index contributed by atoms with van der Waals surface area (Å²) in [6, 6.07) is 4.89. The summed E-state index contributed by atoms with van der Waals surface area (Å²) < 4.78 is 32.6. The Morgan fingerprint density at radius 3 is 2.59 bits per heavy atom. The molecular weight excluding hydrogens is 366 g/mol. The number of sulfonamides is 1. The highest BCUT2D eigenvalue weighted by Crippen LogP contribution is 2.27. The highest BCUT2D eigenvalue weighted by atomic mass is 32.2. The van der Waals surface area contributed by atoms with E-state index < -0.39 is 10.0 Å². The molecule has 2 N–H and O–H groups in total. The van der Waals surface area contributed by atoms with E-state index in [0.717, 1.165) is 25.9 Å². The van der Waals surface area contributed by atoms with Gasteiger partial charge in [0.2, 0.25) is 10.0 Å². The molecule has 150 valence electrons. The van der Waals surface area contributed by atoms with Crippen LogP contribution in [0.4, 0.5) is 0 Å². The van der Waals surface area contributed by atoms with Gasteiger partial charge in [-0.2, -0.15) is 4.31 Å². The van der Waals surface area contributed by atoms with Gasteiger partial charge in [0.15, 0.2) is 0 Å². The van der Waals surface area contributed by atoms with Gasteiger partial charge in [-0.3, -0.25) is 4.79 Å². The molecule has 1 amide bonds. The number of amides is 1. The van der Waals surface area contributed by atoms with Crippen molar-refractivity contribution in [3.63, 3.8) is 0 Å². The third-order valence-corrected chi connectivity index (χ3v) is 7.57. The third-order valence-electron chi connectivity index (χ3n) is 5.52. The first kappa shape index (κ1) is 20.3. The summed E-state index contributed by atoms with van der Waals surface area (Å²) in [5.74, 6) is -0.229. The fourth-order valence-corrected chi connectivity index (χ4v) is 5.21. The maximum Gasteiger partial charge on any atom is 0.251 e. The quantitative estimate of drug-likeness (QED) is 0.781. The number of benzene rings is 1. The van der Waals surface area contributed by atoms with E-state index in [1.807, 2.05) is 0 Å². The van der Waals surface area contributed by atoms with Crippen LogP contribution in [0.2, 0.25) is 0 Å². The van der Waals surface area contributed by atoms with Crippen LogP contribution in [0.5, 0.6) is 0 Å². The Hall–Kier alpha value is -1.48. The topological polar surface area (TPSA) is 87.7 Å². The molecule has 0 atom stereocenters. The molecule has 2 heterocycles. The Labute approximate surface area is 161 Å². The molecule has 7 nitrogen and oxygen atoms in total. The highest BCUT2D eigenvalue weighted by molar-refractivity contribution is 7.89. The van der Waals surface area contributed by atoms with Gasteiger partial charge >= 0.3 is 0 Å². The lowest BCUT2D eigenvalue weighted by Crippen LogP contribution is -2.43. The zero-order valence-corrected chi connectivity index (χ0v) is 16.9. The second-order valence-corrected chi connectivity index (χ2v) is 9.65. The molecular formula is C19H29N3O4S. The Morgan fingerprint density at radius 1 is 1.26 bits per heavy atom. The smallest absolute Gasteiger partial charge is 0.251 e. The second-order valence-electron chi connectivity index (χ2n) is 7.74. The molecule has 27 heavy (non-hydrogen) atoms. The summed E-state index contributed by atoms with van der Waals surface area (Å²) in [5, 5.41) is 6.32. The summed E-state index contributed by atoms with van der Waals surface area (Å²) in [6.07, 6.45) is 2.02. The predicted octanol–water partition coefficient (Wildman–Crippen LogP) is 1.14. The molecule has 1 aromatic carbocycles. The van der Waals surface area contributed by atoms with Gasteiger partial charge in [-0.1, -0.05) is 13.0 Å². The van der Waals surface area contributed by atoms with Gasteiger partial charge in [-0.25, -0.2) is 8.42 Å². The monoisotopic (exact) mass is 395 g/mol. The van der Waals surface area contributed by atoms with Crippen LogP contribution in [0.15, 0.2) is 23.1 Å². The van der Waals surface area contributed by atoms with E-state index in [1.54, 1.807) is 19.1 Å². The molecule has 2 aliphatic rings. The number of nitrogens with one attached hydrogen (secondary N) is 2. The summed E-state index contributed by atoms with van der Waals surface area (Å²) in [6.45, 7) is 7.90. The van der Waals surface area contributed by atoms with E-state index in [2.05, 4.69) is 17.6 Å². The molecule has 0 unspecified atom stereocenters. The lowest BCUT2D eigenvalue weighted by Gasteiger charge is -2.34. The molecule has 2 saturated heterocycles. The Bertz CT molecular complexity index is 782. The van der Waals surface area contributed by atoms with Crippen molar-refractivity contribution in [2.75, 3.05) is 45.9 Å². The molecule has 0 aromatic heterocycles. The average molecular weight is 396 g/mol. The first-order valence-corrected chi connectivity index (χ1v) is 10.9. The van der Waals surface area contributed by atoms with Gasteiger partial charge in [0, 0.05) is 25.2 Å². The Kier molecular flexibility index (Phi) is 6.20. The largest absolute Gasteiger partial charge is 0.379 e. The standard InChI is InChI=1S/C19H29N3O4S/c1-15-3-4-16(18(23)21-14-19(2)5-7-20-8-6-19)13-17(15)27(24,25)22-9-11-26-12-10-22/h3-4,13,20H,5-12,14H2,1-2H3,(H,21,23). The maximum absolute atomic E-state index is 13.0. The van der Waals surface area contributed by atoms with Crippen molar-refractivity contribution in [2.45, 2.75) is 31.6 Å².